The zero-order chi connectivity index (χ0) is 27.4. The average Bonchev–Trinajstić information content (AvgIpc) is 3.54. The molecule has 4 unspecified atom stereocenters. The Morgan fingerprint density at radius 2 is 1.82 bits per heavy atom. The molecule has 2 fully saturated rings. The summed E-state index contributed by atoms with van der Waals surface area (Å²) in [5.74, 6) is -1.30. The maximum Gasteiger partial charge on any atom is 0.253 e. The summed E-state index contributed by atoms with van der Waals surface area (Å²) in [4.78, 5) is 37.5. The second-order valence-corrected chi connectivity index (χ2v) is 9.66. The number of rotatable bonds is 7. The molecule has 1 aliphatic heterocycles. The molecule has 38 heavy (non-hydrogen) atoms. The van der Waals surface area contributed by atoms with Gasteiger partial charge in [-0.05, 0) is 43.5 Å². The summed E-state index contributed by atoms with van der Waals surface area (Å²) in [6.45, 7) is 7.49. The fraction of sp³-hybridized carbons (Fsp3) is 0.481. The van der Waals surface area contributed by atoms with Gasteiger partial charge in [-0.2, -0.15) is 4.98 Å². The van der Waals surface area contributed by atoms with Crippen molar-refractivity contribution in [1.82, 2.24) is 20.2 Å². The molecule has 2 bridgehead atoms. The number of piperazine rings is 1. The normalized spacial score (nSPS) is 24.0. The summed E-state index contributed by atoms with van der Waals surface area (Å²) in [5.41, 5.74) is 7.62. The molecule has 204 valence electrons. The zero-order valence-corrected chi connectivity index (χ0v) is 22.4. The fourth-order valence-electron chi connectivity index (χ4n) is 5.48. The molecule has 5 rings (SSSR count). The largest absolute Gasteiger partial charge is 0.369 e. The van der Waals surface area contributed by atoms with Crippen molar-refractivity contribution < 1.29 is 14.0 Å². The first-order valence-electron chi connectivity index (χ1n) is 13.2. The van der Waals surface area contributed by atoms with E-state index in [1.165, 1.54) is 0 Å². The van der Waals surface area contributed by atoms with Crippen LogP contribution in [0, 0.1) is 23.6 Å². The summed E-state index contributed by atoms with van der Waals surface area (Å²) in [6, 6.07) is 5.18. The minimum absolute atomic E-state index is 0.00489. The van der Waals surface area contributed by atoms with E-state index >= 15 is 0 Å². The van der Waals surface area contributed by atoms with Gasteiger partial charge in [0.1, 0.15) is 0 Å². The molecule has 2 aromatic rings. The molecule has 2 aliphatic carbocycles. The molecular formula is C27H37FN8O2. The van der Waals surface area contributed by atoms with Gasteiger partial charge >= 0.3 is 0 Å². The molecule has 4 atom stereocenters. The highest BCUT2D eigenvalue weighted by Gasteiger charge is 2.47. The smallest absolute Gasteiger partial charge is 0.253 e. The van der Waals surface area contributed by atoms with Crippen molar-refractivity contribution in [3.63, 3.8) is 0 Å². The number of allylic oxidation sites excluding steroid dienone is 1. The van der Waals surface area contributed by atoms with Crippen LogP contribution in [0.15, 0.2) is 36.5 Å². The zero-order valence-electron chi connectivity index (χ0n) is 22.4. The minimum atomic E-state index is -0.619. The molecule has 3 aliphatic rings. The van der Waals surface area contributed by atoms with Gasteiger partial charge in [0.15, 0.2) is 11.6 Å². The highest BCUT2D eigenvalue weighted by molar-refractivity contribution is 6.00. The first kappa shape index (κ1) is 27.3. The summed E-state index contributed by atoms with van der Waals surface area (Å²) in [6.07, 6.45) is 5.95. The summed E-state index contributed by atoms with van der Waals surface area (Å²) >= 11 is 0. The number of anilines is 4. The standard InChI is InChI=1S/C25H31FN8O2.C2H6/c1-28-24(36)17-12-16(5-6-19(17)34-9-7-33(2)8-10-34)30-25-29-13-18(26)23(32-25)31-21-15-4-3-14(11-15)20(21)22(27)35;1-2/h3-6,12-15,20-21H,7-11H2,1-2H3,(H2,27,35)(H,28,36)(H2,29,30,31,32);1-2H3. The Balaban J connectivity index is 0.00000164. The van der Waals surface area contributed by atoms with Gasteiger partial charge in [0.25, 0.3) is 5.91 Å². The van der Waals surface area contributed by atoms with E-state index in [0.29, 0.717) is 11.3 Å². The van der Waals surface area contributed by atoms with E-state index in [9.17, 15) is 14.0 Å². The minimum Gasteiger partial charge on any atom is -0.369 e. The van der Waals surface area contributed by atoms with E-state index in [-0.39, 0.29) is 35.6 Å². The van der Waals surface area contributed by atoms with Gasteiger partial charge < -0.3 is 31.5 Å². The maximum absolute atomic E-state index is 14.6. The number of hydrogen-bond acceptors (Lipinski definition) is 8. The van der Waals surface area contributed by atoms with Crippen molar-refractivity contribution >= 4 is 35.0 Å². The number of primary amides is 1. The summed E-state index contributed by atoms with van der Waals surface area (Å²) in [5, 5.41) is 8.89. The molecule has 5 N–H and O–H groups in total. The van der Waals surface area contributed by atoms with Gasteiger partial charge in [-0.15, -0.1) is 0 Å². The van der Waals surface area contributed by atoms with Gasteiger partial charge in [-0.1, -0.05) is 26.0 Å². The monoisotopic (exact) mass is 524 g/mol. The van der Waals surface area contributed by atoms with E-state index in [1.807, 2.05) is 38.1 Å². The number of benzene rings is 1. The number of nitrogens with two attached hydrogens (primary N) is 1. The molecule has 10 nitrogen and oxygen atoms in total. The first-order valence-corrected chi connectivity index (χ1v) is 13.2. The van der Waals surface area contributed by atoms with Crippen LogP contribution in [0.25, 0.3) is 0 Å². The number of nitrogens with zero attached hydrogens (tertiary/aromatic N) is 4. The molecule has 1 saturated carbocycles. The Bertz CT molecular complexity index is 1200. The van der Waals surface area contributed by atoms with Gasteiger partial charge in [-0.25, -0.2) is 9.37 Å². The van der Waals surface area contributed by atoms with Crippen LogP contribution in [-0.4, -0.2) is 73.0 Å². The Morgan fingerprint density at radius 3 is 2.50 bits per heavy atom. The van der Waals surface area contributed by atoms with Gasteiger partial charge in [0.2, 0.25) is 11.9 Å². The second-order valence-electron chi connectivity index (χ2n) is 9.66. The molecule has 1 saturated heterocycles. The third kappa shape index (κ3) is 5.57. The predicted molar refractivity (Wildman–Crippen MR) is 147 cm³/mol. The topological polar surface area (TPSA) is 129 Å². The number of amides is 2. The lowest BCUT2D eigenvalue weighted by Gasteiger charge is -2.35. The van der Waals surface area contributed by atoms with E-state index in [4.69, 9.17) is 5.73 Å². The molecule has 2 amide bonds. The SMILES string of the molecule is CC.CNC(=O)c1cc(Nc2ncc(F)c(NC3C4C=CC(C4)C3C(N)=O)n2)ccc1N1CCN(C)CC1. The van der Waals surface area contributed by atoms with Gasteiger partial charge in [-0.3, -0.25) is 9.59 Å². The van der Waals surface area contributed by atoms with Crippen LogP contribution in [0.1, 0.15) is 30.6 Å². The quantitative estimate of drug-likeness (QED) is 0.407. The highest BCUT2D eigenvalue weighted by atomic mass is 19.1. The van der Waals surface area contributed by atoms with Crippen molar-refractivity contribution in [2.45, 2.75) is 26.3 Å². The molecule has 1 aromatic carbocycles. The van der Waals surface area contributed by atoms with Crippen molar-refractivity contribution in [1.29, 1.82) is 0 Å². The highest BCUT2D eigenvalue weighted by Crippen LogP contribution is 2.45. The van der Waals surface area contributed by atoms with Crippen molar-refractivity contribution in [3.8, 4) is 0 Å². The van der Waals surface area contributed by atoms with Crippen LogP contribution >= 0.6 is 0 Å². The first-order chi connectivity index (χ1) is 18.3. The molecule has 2 heterocycles. The Hall–Kier alpha value is -3.73. The number of fused-ring (bicyclic) bond motifs is 2. The van der Waals surface area contributed by atoms with Crippen molar-refractivity contribution in [3.05, 3.63) is 47.9 Å². The third-order valence-corrected chi connectivity index (χ3v) is 7.40. The molecular weight excluding hydrogens is 487 g/mol. The van der Waals surface area contributed by atoms with Crippen LogP contribution in [0.2, 0.25) is 0 Å². The predicted octanol–water partition coefficient (Wildman–Crippen LogP) is 2.58. The number of likely N-dealkylation sites (N-methyl/N-ethyl adjacent to an activating group) is 1. The molecule has 0 spiro atoms. The van der Waals surface area contributed by atoms with E-state index in [0.717, 1.165) is 44.5 Å². The molecule has 1 aromatic heterocycles. The number of halogens is 1. The van der Waals surface area contributed by atoms with Crippen LogP contribution in [0.3, 0.4) is 0 Å². The lowest BCUT2D eigenvalue weighted by molar-refractivity contribution is -0.122. The van der Waals surface area contributed by atoms with E-state index in [1.54, 1.807) is 13.1 Å². The number of aromatic nitrogens is 2. The van der Waals surface area contributed by atoms with E-state index < -0.39 is 17.6 Å². The Labute approximate surface area is 222 Å². The maximum atomic E-state index is 14.6. The average molecular weight is 525 g/mol. The van der Waals surface area contributed by atoms with Crippen molar-refractivity contribution in [2.24, 2.45) is 23.5 Å². The van der Waals surface area contributed by atoms with Crippen LogP contribution in [0.5, 0.6) is 0 Å². The van der Waals surface area contributed by atoms with Crippen LogP contribution in [-0.2, 0) is 4.79 Å². The van der Waals surface area contributed by atoms with Gasteiger partial charge in [0.05, 0.1) is 17.7 Å². The molecule has 0 radical (unpaired) electrons. The molecule has 11 heteroatoms. The summed E-state index contributed by atoms with van der Waals surface area (Å²) in [7, 11) is 3.68. The number of carbonyl (C=O) groups excluding carboxylic acids is 2. The lowest BCUT2D eigenvalue weighted by atomic mass is 9.88. The Morgan fingerprint density at radius 1 is 1.11 bits per heavy atom. The van der Waals surface area contributed by atoms with Crippen LogP contribution in [0.4, 0.5) is 27.5 Å². The third-order valence-electron chi connectivity index (χ3n) is 7.40. The van der Waals surface area contributed by atoms with E-state index in [2.05, 4.69) is 42.8 Å². The number of carbonyl (C=O) groups is 2. The fourth-order valence-corrected chi connectivity index (χ4v) is 5.48. The lowest BCUT2D eigenvalue weighted by Crippen LogP contribution is -2.45. The summed E-state index contributed by atoms with van der Waals surface area (Å²) < 4.78 is 14.6. The number of nitrogens with one attached hydrogen (secondary N) is 3. The second kappa shape index (κ2) is 11.8. The number of hydrogen-bond donors (Lipinski definition) is 4. The van der Waals surface area contributed by atoms with Crippen LogP contribution < -0.4 is 26.6 Å². The van der Waals surface area contributed by atoms with Gasteiger partial charge in [0, 0.05) is 50.6 Å². The van der Waals surface area contributed by atoms with Crippen molar-refractivity contribution in [2.75, 3.05) is 55.8 Å². The Kier molecular flexibility index (Phi) is 8.45.